The normalized spacial score (nSPS) is 17.7. The summed E-state index contributed by atoms with van der Waals surface area (Å²) >= 11 is 0. The van der Waals surface area contributed by atoms with Crippen molar-refractivity contribution >= 4 is 5.82 Å². The van der Waals surface area contributed by atoms with Crippen LogP contribution in [-0.2, 0) is 6.54 Å². The van der Waals surface area contributed by atoms with Gasteiger partial charge in [0.2, 0.25) is 0 Å². The lowest BCUT2D eigenvalue weighted by Crippen LogP contribution is -2.30. The van der Waals surface area contributed by atoms with Gasteiger partial charge in [0.25, 0.3) is 0 Å². The summed E-state index contributed by atoms with van der Waals surface area (Å²) in [6.07, 6.45) is 10.3. The Morgan fingerprint density at radius 3 is 2.50 bits per heavy atom. The molecule has 1 aromatic rings. The third kappa shape index (κ3) is 3.70. The van der Waals surface area contributed by atoms with E-state index in [-0.39, 0.29) is 0 Å². The van der Waals surface area contributed by atoms with E-state index in [9.17, 15) is 0 Å². The molecule has 1 aliphatic carbocycles. The summed E-state index contributed by atoms with van der Waals surface area (Å²) < 4.78 is 0. The Kier molecular flexibility index (Phi) is 5.00. The van der Waals surface area contributed by atoms with E-state index in [2.05, 4.69) is 34.4 Å². The van der Waals surface area contributed by atoms with Gasteiger partial charge in [-0.25, -0.2) is 4.98 Å². The number of aromatic nitrogens is 1. The number of pyridine rings is 1. The summed E-state index contributed by atoms with van der Waals surface area (Å²) in [5.74, 6) is 0.941. The highest BCUT2D eigenvalue weighted by atomic mass is 15.1. The average molecular weight is 247 g/mol. The first-order valence-electron chi connectivity index (χ1n) is 7.12. The molecular weight excluding hydrogens is 222 g/mol. The molecule has 0 unspecified atom stereocenters. The molecule has 3 nitrogen and oxygen atoms in total. The van der Waals surface area contributed by atoms with Crippen LogP contribution in [0.2, 0.25) is 0 Å². The Labute approximate surface area is 111 Å². The van der Waals surface area contributed by atoms with Crippen LogP contribution < -0.4 is 5.32 Å². The molecule has 2 rings (SSSR count). The third-order valence-corrected chi connectivity index (χ3v) is 3.96. The molecule has 0 saturated heterocycles. The van der Waals surface area contributed by atoms with Crippen molar-refractivity contribution in [1.29, 1.82) is 0 Å². The molecule has 0 spiro atoms. The molecule has 0 aromatic carbocycles. The Morgan fingerprint density at radius 2 is 1.94 bits per heavy atom. The minimum absolute atomic E-state index is 0.761. The van der Waals surface area contributed by atoms with Gasteiger partial charge in [0, 0.05) is 25.8 Å². The molecule has 100 valence electrons. The molecule has 0 bridgehead atoms. The molecule has 1 aromatic heterocycles. The van der Waals surface area contributed by atoms with Gasteiger partial charge in [-0.2, -0.15) is 0 Å². The van der Waals surface area contributed by atoms with Gasteiger partial charge in [-0.15, -0.1) is 0 Å². The maximum absolute atomic E-state index is 4.38. The van der Waals surface area contributed by atoms with Crippen LogP contribution in [0.5, 0.6) is 0 Å². The van der Waals surface area contributed by atoms with Crippen LogP contribution in [0.3, 0.4) is 0 Å². The molecule has 0 aliphatic heterocycles. The first-order valence-corrected chi connectivity index (χ1v) is 7.12. The maximum atomic E-state index is 4.38. The van der Waals surface area contributed by atoms with Gasteiger partial charge in [0.05, 0.1) is 0 Å². The van der Waals surface area contributed by atoms with E-state index in [1.54, 1.807) is 0 Å². The van der Waals surface area contributed by atoms with Gasteiger partial charge in [-0.05, 0) is 31.5 Å². The van der Waals surface area contributed by atoms with Crippen LogP contribution in [0.25, 0.3) is 0 Å². The van der Waals surface area contributed by atoms with E-state index in [0.717, 1.165) is 18.4 Å². The molecular formula is C15H25N3. The second-order valence-electron chi connectivity index (χ2n) is 5.36. The summed E-state index contributed by atoms with van der Waals surface area (Å²) in [6.45, 7) is 1.02. The molecule has 1 N–H and O–H groups in total. The number of hydrogen-bond acceptors (Lipinski definition) is 3. The minimum Gasteiger partial charge on any atom is -0.373 e. The fourth-order valence-corrected chi connectivity index (χ4v) is 2.78. The molecule has 0 atom stereocenters. The fourth-order valence-electron chi connectivity index (χ4n) is 2.78. The van der Waals surface area contributed by atoms with Crippen molar-refractivity contribution in [3.63, 3.8) is 0 Å². The van der Waals surface area contributed by atoms with Gasteiger partial charge in [0.1, 0.15) is 5.82 Å². The lowest BCUT2D eigenvalue weighted by atomic mass is 10.1. The molecule has 18 heavy (non-hydrogen) atoms. The maximum Gasteiger partial charge on any atom is 0.125 e. The Balaban J connectivity index is 1.90. The third-order valence-electron chi connectivity index (χ3n) is 3.96. The summed E-state index contributed by atoms with van der Waals surface area (Å²) in [6, 6.07) is 4.99. The highest BCUT2D eigenvalue weighted by Crippen LogP contribution is 2.22. The average Bonchev–Trinajstić information content (AvgIpc) is 2.68. The van der Waals surface area contributed by atoms with Gasteiger partial charge in [-0.1, -0.05) is 31.7 Å². The van der Waals surface area contributed by atoms with E-state index in [0.29, 0.717) is 0 Å². The zero-order valence-electron chi connectivity index (χ0n) is 11.7. The number of rotatable bonds is 4. The molecule has 1 aliphatic rings. The zero-order chi connectivity index (χ0) is 12.8. The first kappa shape index (κ1) is 13.3. The van der Waals surface area contributed by atoms with Crippen molar-refractivity contribution in [3.05, 3.63) is 23.9 Å². The van der Waals surface area contributed by atoms with Crippen molar-refractivity contribution in [2.24, 2.45) is 0 Å². The second-order valence-corrected chi connectivity index (χ2v) is 5.36. The predicted molar refractivity (Wildman–Crippen MR) is 76.7 cm³/mol. The van der Waals surface area contributed by atoms with Crippen LogP contribution in [0.1, 0.15) is 44.1 Å². The van der Waals surface area contributed by atoms with Crippen molar-refractivity contribution in [1.82, 2.24) is 9.88 Å². The number of hydrogen-bond donors (Lipinski definition) is 1. The highest BCUT2D eigenvalue weighted by Gasteiger charge is 2.16. The van der Waals surface area contributed by atoms with Crippen LogP contribution >= 0.6 is 0 Å². The van der Waals surface area contributed by atoms with Crippen LogP contribution in [0.15, 0.2) is 18.3 Å². The largest absolute Gasteiger partial charge is 0.373 e. The predicted octanol–water partition coefficient (Wildman–Crippen LogP) is 3.28. The van der Waals surface area contributed by atoms with Crippen molar-refractivity contribution in [2.75, 3.05) is 19.4 Å². The lowest BCUT2D eigenvalue weighted by Gasteiger charge is -2.27. The monoisotopic (exact) mass is 247 g/mol. The Morgan fingerprint density at radius 1 is 1.22 bits per heavy atom. The molecule has 1 saturated carbocycles. The molecule has 1 fully saturated rings. The number of nitrogens with zero attached hydrogens (tertiary/aromatic N) is 2. The van der Waals surface area contributed by atoms with Gasteiger partial charge >= 0.3 is 0 Å². The smallest absolute Gasteiger partial charge is 0.125 e. The molecule has 0 amide bonds. The van der Waals surface area contributed by atoms with Crippen LogP contribution in [-0.4, -0.2) is 30.0 Å². The summed E-state index contributed by atoms with van der Waals surface area (Å²) in [5.41, 5.74) is 1.31. The Bertz CT molecular complexity index is 339. The fraction of sp³-hybridized carbons (Fsp3) is 0.667. The quantitative estimate of drug-likeness (QED) is 0.828. The highest BCUT2D eigenvalue weighted by molar-refractivity contribution is 5.34. The number of nitrogens with one attached hydrogen (secondary N) is 1. The summed E-state index contributed by atoms with van der Waals surface area (Å²) in [7, 11) is 4.15. The van der Waals surface area contributed by atoms with E-state index >= 15 is 0 Å². The van der Waals surface area contributed by atoms with Gasteiger partial charge in [0.15, 0.2) is 0 Å². The summed E-state index contributed by atoms with van der Waals surface area (Å²) in [4.78, 5) is 6.88. The van der Waals surface area contributed by atoms with Crippen molar-refractivity contribution < 1.29 is 0 Å². The van der Waals surface area contributed by atoms with E-state index in [1.807, 2.05) is 13.2 Å². The van der Waals surface area contributed by atoms with Crippen LogP contribution in [0, 0.1) is 0 Å². The van der Waals surface area contributed by atoms with Gasteiger partial charge < -0.3 is 5.32 Å². The van der Waals surface area contributed by atoms with Crippen molar-refractivity contribution in [2.45, 2.75) is 51.1 Å². The SMILES string of the molecule is CNc1ccc(CN(C)C2CCCCCC2)cn1. The minimum atomic E-state index is 0.761. The molecule has 0 radical (unpaired) electrons. The molecule has 3 heteroatoms. The van der Waals surface area contributed by atoms with E-state index in [1.165, 1.54) is 44.1 Å². The van der Waals surface area contributed by atoms with Crippen LogP contribution in [0.4, 0.5) is 5.82 Å². The standard InChI is InChI=1S/C15H25N3/c1-16-15-10-9-13(11-17-15)12-18(2)14-7-5-3-4-6-8-14/h9-11,14H,3-8,12H2,1-2H3,(H,16,17). The first-order chi connectivity index (χ1) is 8.79. The van der Waals surface area contributed by atoms with E-state index in [4.69, 9.17) is 0 Å². The van der Waals surface area contributed by atoms with Gasteiger partial charge in [-0.3, -0.25) is 4.90 Å². The van der Waals surface area contributed by atoms with Crippen molar-refractivity contribution in [3.8, 4) is 0 Å². The number of anilines is 1. The Hall–Kier alpha value is -1.09. The molecule has 1 heterocycles. The summed E-state index contributed by atoms with van der Waals surface area (Å²) in [5, 5.41) is 3.05. The second kappa shape index (κ2) is 6.74. The van der Waals surface area contributed by atoms with E-state index < -0.39 is 0 Å². The zero-order valence-corrected chi connectivity index (χ0v) is 11.7. The topological polar surface area (TPSA) is 28.2 Å². The lowest BCUT2D eigenvalue weighted by molar-refractivity contribution is 0.213.